The van der Waals surface area contributed by atoms with Gasteiger partial charge in [-0.15, -0.1) is 0 Å². The van der Waals surface area contributed by atoms with Crippen LogP contribution in [0.15, 0.2) is 103 Å². The molecular formula is C24H20O4. The minimum atomic E-state index is 0.0424. The molecule has 0 aliphatic heterocycles. The molecule has 0 radical (unpaired) electrons. The van der Waals surface area contributed by atoms with Crippen LogP contribution in [0.1, 0.15) is 0 Å². The second kappa shape index (κ2) is 9.14. The highest BCUT2D eigenvalue weighted by Gasteiger charge is 2.05. The Balaban J connectivity index is 0.000000162. The number of rotatable bonds is 3. The molecule has 0 bridgehead atoms. The lowest BCUT2D eigenvalue weighted by molar-refractivity contribution is 0.385. The zero-order valence-corrected chi connectivity index (χ0v) is 15.1. The summed E-state index contributed by atoms with van der Waals surface area (Å²) in [7, 11) is 0. The first kappa shape index (κ1) is 18.9. The number of hydrogen-bond acceptors (Lipinski definition) is 4. The second-order valence-electron chi connectivity index (χ2n) is 5.92. The Bertz CT molecular complexity index is 986. The Morgan fingerprint density at radius 1 is 0.429 bits per heavy atom. The third kappa shape index (κ3) is 4.83. The number of aromatic hydroxyl groups is 3. The predicted octanol–water partition coefficient (Wildman–Crippen LogP) is 5.95. The monoisotopic (exact) mass is 372 g/mol. The van der Waals surface area contributed by atoms with E-state index in [1.54, 1.807) is 42.5 Å². The number of phenolic OH excluding ortho intramolecular Hbond substituents is 3. The molecule has 0 aliphatic carbocycles. The van der Waals surface area contributed by atoms with E-state index in [0.717, 1.165) is 11.1 Å². The smallest absolute Gasteiger partial charge is 0.169 e. The maximum absolute atomic E-state index is 9.56. The zero-order chi connectivity index (χ0) is 19.8. The molecule has 4 aromatic rings. The molecule has 0 amide bonds. The Morgan fingerprint density at radius 3 is 1.36 bits per heavy atom. The Morgan fingerprint density at radius 2 is 0.857 bits per heavy atom. The van der Waals surface area contributed by atoms with E-state index in [1.165, 1.54) is 12.1 Å². The van der Waals surface area contributed by atoms with Crippen molar-refractivity contribution in [3.63, 3.8) is 0 Å². The fraction of sp³-hybridized carbons (Fsp3) is 0. The summed E-state index contributed by atoms with van der Waals surface area (Å²) in [6.07, 6.45) is 0. The first-order valence-corrected chi connectivity index (χ1v) is 8.72. The molecule has 0 aliphatic rings. The van der Waals surface area contributed by atoms with Crippen LogP contribution in [0.5, 0.6) is 28.7 Å². The number of para-hydroxylation sites is 5. The van der Waals surface area contributed by atoms with E-state index in [2.05, 4.69) is 0 Å². The van der Waals surface area contributed by atoms with Crippen LogP contribution in [0.4, 0.5) is 0 Å². The zero-order valence-electron chi connectivity index (χ0n) is 15.1. The van der Waals surface area contributed by atoms with Gasteiger partial charge >= 0.3 is 0 Å². The summed E-state index contributed by atoms with van der Waals surface area (Å²) < 4.78 is 5.34. The van der Waals surface area contributed by atoms with Crippen LogP contribution in [0.2, 0.25) is 0 Å². The molecule has 4 aromatic carbocycles. The molecule has 0 fully saturated rings. The van der Waals surface area contributed by atoms with Crippen LogP contribution in [-0.2, 0) is 0 Å². The first-order chi connectivity index (χ1) is 13.6. The normalized spacial score (nSPS) is 9.86. The maximum Gasteiger partial charge on any atom is 0.169 e. The average molecular weight is 372 g/mol. The van der Waals surface area contributed by atoms with Crippen LogP contribution in [0, 0.1) is 0 Å². The lowest BCUT2D eigenvalue weighted by atomic mass is 10.1. The van der Waals surface area contributed by atoms with Crippen molar-refractivity contribution in [2.24, 2.45) is 0 Å². The van der Waals surface area contributed by atoms with Gasteiger partial charge in [-0.25, -0.2) is 0 Å². The summed E-state index contributed by atoms with van der Waals surface area (Å²) in [5, 5.41) is 28.5. The van der Waals surface area contributed by atoms with Crippen LogP contribution >= 0.6 is 0 Å². The molecule has 0 saturated heterocycles. The molecule has 3 N–H and O–H groups in total. The SMILES string of the molecule is Oc1ccccc1-c1ccccc1.Oc1ccccc1Oc1ccccc1O. The molecule has 0 spiro atoms. The molecule has 0 aromatic heterocycles. The number of phenols is 3. The second-order valence-corrected chi connectivity index (χ2v) is 5.92. The number of hydrogen-bond donors (Lipinski definition) is 3. The molecule has 0 heterocycles. The van der Waals surface area contributed by atoms with E-state index in [-0.39, 0.29) is 11.5 Å². The highest BCUT2D eigenvalue weighted by molar-refractivity contribution is 5.69. The lowest BCUT2D eigenvalue weighted by Gasteiger charge is -2.08. The highest BCUT2D eigenvalue weighted by Crippen LogP contribution is 2.34. The van der Waals surface area contributed by atoms with Gasteiger partial charge < -0.3 is 20.1 Å². The van der Waals surface area contributed by atoms with Crippen molar-refractivity contribution in [2.45, 2.75) is 0 Å². The molecule has 0 unspecified atom stereocenters. The summed E-state index contributed by atoms with van der Waals surface area (Å²) >= 11 is 0. The van der Waals surface area contributed by atoms with Gasteiger partial charge in [0.15, 0.2) is 23.0 Å². The third-order valence-corrected chi connectivity index (χ3v) is 3.94. The third-order valence-electron chi connectivity index (χ3n) is 3.94. The molecule has 28 heavy (non-hydrogen) atoms. The molecule has 4 heteroatoms. The molecule has 0 saturated carbocycles. The summed E-state index contributed by atoms with van der Waals surface area (Å²) in [6, 6.07) is 30.4. The summed E-state index contributed by atoms with van der Waals surface area (Å²) in [5.41, 5.74) is 1.92. The molecule has 4 rings (SSSR count). The Kier molecular flexibility index (Phi) is 6.16. The summed E-state index contributed by atoms with van der Waals surface area (Å²) in [5.74, 6) is 1.05. The van der Waals surface area contributed by atoms with E-state index in [0.29, 0.717) is 17.2 Å². The van der Waals surface area contributed by atoms with Gasteiger partial charge in [0.2, 0.25) is 0 Å². The number of benzene rings is 4. The van der Waals surface area contributed by atoms with Crippen LogP contribution in [-0.4, -0.2) is 15.3 Å². The molecule has 140 valence electrons. The van der Waals surface area contributed by atoms with Crippen molar-refractivity contribution >= 4 is 0 Å². The van der Waals surface area contributed by atoms with Gasteiger partial charge in [0.1, 0.15) is 5.75 Å². The summed E-state index contributed by atoms with van der Waals surface area (Å²) in [4.78, 5) is 0. The Labute approximate surface area is 163 Å². The van der Waals surface area contributed by atoms with E-state index in [4.69, 9.17) is 4.74 Å². The van der Waals surface area contributed by atoms with Crippen LogP contribution in [0.3, 0.4) is 0 Å². The molecule has 4 nitrogen and oxygen atoms in total. The molecular weight excluding hydrogens is 352 g/mol. The average Bonchev–Trinajstić information content (AvgIpc) is 2.73. The van der Waals surface area contributed by atoms with E-state index in [1.807, 2.05) is 48.5 Å². The fourth-order valence-electron chi connectivity index (χ4n) is 2.54. The Hall–Kier alpha value is -3.92. The lowest BCUT2D eigenvalue weighted by Crippen LogP contribution is -1.84. The van der Waals surface area contributed by atoms with Crippen molar-refractivity contribution in [1.29, 1.82) is 0 Å². The van der Waals surface area contributed by atoms with Gasteiger partial charge in [0.25, 0.3) is 0 Å². The van der Waals surface area contributed by atoms with Crippen molar-refractivity contribution in [1.82, 2.24) is 0 Å². The maximum atomic E-state index is 9.56. The van der Waals surface area contributed by atoms with Gasteiger partial charge in [-0.2, -0.15) is 0 Å². The van der Waals surface area contributed by atoms with Crippen LogP contribution in [0.25, 0.3) is 11.1 Å². The number of ether oxygens (including phenoxy) is 1. The van der Waals surface area contributed by atoms with Crippen molar-refractivity contribution in [2.75, 3.05) is 0 Å². The van der Waals surface area contributed by atoms with Gasteiger partial charge in [-0.1, -0.05) is 72.8 Å². The van der Waals surface area contributed by atoms with E-state index >= 15 is 0 Å². The van der Waals surface area contributed by atoms with Gasteiger partial charge in [-0.05, 0) is 35.9 Å². The van der Waals surface area contributed by atoms with E-state index in [9.17, 15) is 15.3 Å². The van der Waals surface area contributed by atoms with Crippen molar-refractivity contribution < 1.29 is 20.1 Å². The topological polar surface area (TPSA) is 69.9 Å². The standard InChI is InChI=1S/C12H10O3.C12H10O/c13-9-5-1-3-7-11(9)15-12-8-4-2-6-10(12)14;13-12-9-5-4-8-11(12)10-6-2-1-3-7-10/h1-8,13-14H;1-9,13H. The largest absolute Gasteiger partial charge is 0.507 e. The quantitative estimate of drug-likeness (QED) is 0.416. The van der Waals surface area contributed by atoms with Crippen LogP contribution < -0.4 is 4.74 Å². The summed E-state index contributed by atoms with van der Waals surface area (Å²) in [6.45, 7) is 0. The highest BCUT2D eigenvalue weighted by atomic mass is 16.5. The van der Waals surface area contributed by atoms with Gasteiger partial charge in [0, 0.05) is 5.56 Å². The van der Waals surface area contributed by atoms with E-state index < -0.39 is 0 Å². The predicted molar refractivity (Wildman–Crippen MR) is 110 cm³/mol. The van der Waals surface area contributed by atoms with Gasteiger partial charge in [0.05, 0.1) is 0 Å². The fourth-order valence-corrected chi connectivity index (χ4v) is 2.54. The van der Waals surface area contributed by atoms with Gasteiger partial charge in [-0.3, -0.25) is 0 Å². The molecule has 0 atom stereocenters. The van der Waals surface area contributed by atoms with Crippen molar-refractivity contribution in [3.05, 3.63) is 103 Å². The van der Waals surface area contributed by atoms with Crippen molar-refractivity contribution in [3.8, 4) is 39.9 Å². The first-order valence-electron chi connectivity index (χ1n) is 8.72. The minimum absolute atomic E-state index is 0.0424. The minimum Gasteiger partial charge on any atom is -0.507 e.